The van der Waals surface area contributed by atoms with Crippen molar-refractivity contribution < 1.29 is 18.3 Å². The Balaban J connectivity index is 1.49. The van der Waals surface area contributed by atoms with Crippen LogP contribution in [0.15, 0.2) is 24.3 Å². The van der Waals surface area contributed by atoms with Crippen molar-refractivity contribution in [2.45, 2.75) is 32.7 Å². The number of alkyl halides is 2. The number of nitrogens with two attached hydrogens (primary N) is 1. The van der Waals surface area contributed by atoms with E-state index in [9.17, 15) is 13.6 Å². The third kappa shape index (κ3) is 5.12. The van der Waals surface area contributed by atoms with Crippen molar-refractivity contribution in [3.8, 4) is 5.95 Å². The van der Waals surface area contributed by atoms with Gasteiger partial charge >= 0.3 is 0 Å². The second-order valence-corrected chi connectivity index (χ2v) is 9.65. The number of anilines is 2. The van der Waals surface area contributed by atoms with Gasteiger partial charge in [0.2, 0.25) is 23.8 Å². The molecule has 1 aromatic carbocycles. The molecule has 4 heterocycles. The van der Waals surface area contributed by atoms with Crippen LogP contribution in [0.4, 0.5) is 20.7 Å². The topological polar surface area (TPSA) is 119 Å². The number of benzene rings is 1. The summed E-state index contributed by atoms with van der Waals surface area (Å²) in [6, 6.07) is 6.38. The molecule has 38 heavy (non-hydrogen) atoms. The minimum absolute atomic E-state index is 0.0594. The number of hydrogen-bond acceptors (Lipinski definition) is 9. The molecule has 2 aliphatic heterocycles. The molecule has 2 aromatic heterocycles. The molecular formula is C25H33F2N9O2. The summed E-state index contributed by atoms with van der Waals surface area (Å²) >= 11 is 0. The van der Waals surface area contributed by atoms with E-state index >= 15 is 0 Å². The third-order valence-electron chi connectivity index (χ3n) is 7.29. The van der Waals surface area contributed by atoms with Crippen LogP contribution in [-0.4, -0.2) is 93.8 Å². The number of carbonyl (C=O) groups excluding carboxylic acids is 1. The van der Waals surface area contributed by atoms with E-state index in [-0.39, 0.29) is 17.8 Å². The average Bonchev–Trinajstić information content (AvgIpc) is 3.36. The van der Waals surface area contributed by atoms with E-state index < -0.39 is 18.3 Å². The van der Waals surface area contributed by atoms with Gasteiger partial charge in [0.15, 0.2) is 5.82 Å². The Morgan fingerprint density at radius 2 is 1.55 bits per heavy atom. The number of piperazine rings is 1. The molecule has 0 aliphatic carbocycles. The van der Waals surface area contributed by atoms with E-state index in [1.807, 2.05) is 23.6 Å². The number of amides is 1. The van der Waals surface area contributed by atoms with Gasteiger partial charge < -0.3 is 25.2 Å². The van der Waals surface area contributed by atoms with E-state index in [1.165, 1.54) is 4.57 Å². The maximum Gasteiger partial charge on any atom is 0.296 e. The molecule has 0 unspecified atom stereocenters. The van der Waals surface area contributed by atoms with Gasteiger partial charge in [0.25, 0.3) is 6.43 Å². The number of fused-ring (bicyclic) bond motifs is 1. The lowest BCUT2D eigenvalue weighted by molar-refractivity contribution is -0.134. The molecule has 3 aromatic rings. The van der Waals surface area contributed by atoms with Crippen molar-refractivity contribution in [3.63, 3.8) is 0 Å². The van der Waals surface area contributed by atoms with Crippen molar-refractivity contribution in [2.75, 3.05) is 62.3 Å². The highest BCUT2D eigenvalue weighted by Crippen LogP contribution is 2.28. The fraction of sp³-hybridized carbons (Fsp3) is 0.560. The molecule has 0 radical (unpaired) electrons. The van der Waals surface area contributed by atoms with Gasteiger partial charge in [-0.3, -0.25) is 9.36 Å². The zero-order valence-electron chi connectivity index (χ0n) is 21.6. The zero-order valence-corrected chi connectivity index (χ0v) is 21.6. The summed E-state index contributed by atoms with van der Waals surface area (Å²) in [6.07, 6.45) is -1.99. The molecule has 0 saturated carbocycles. The Kier molecular flexibility index (Phi) is 7.65. The first-order chi connectivity index (χ1) is 18.4. The van der Waals surface area contributed by atoms with Crippen LogP contribution in [0, 0.1) is 5.92 Å². The fourth-order valence-corrected chi connectivity index (χ4v) is 4.73. The third-order valence-corrected chi connectivity index (χ3v) is 7.29. The van der Waals surface area contributed by atoms with Crippen LogP contribution in [0.5, 0.6) is 0 Å². The summed E-state index contributed by atoms with van der Waals surface area (Å²) in [5.41, 5.74) is 7.11. The van der Waals surface area contributed by atoms with Gasteiger partial charge in [-0.2, -0.15) is 15.0 Å². The van der Waals surface area contributed by atoms with Crippen molar-refractivity contribution in [3.05, 3.63) is 30.1 Å². The summed E-state index contributed by atoms with van der Waals surface area (Å²) in [4.78, 5) is 36.7. The van der Waals surface area contributed by atoms with E-state index in [4.69, 9.17) is 15.5 Å². The predicted octanol–water partition coefficient (Wildman–Crippen LogP) is 2.01. The van der Waals surface area contributed by atoms with E-state index in [1.54, 1.807) is 29.2 Å². The second kappa shape index (κ2) is 11.1. The summed E-state index contributed by atoms with van der Waals surface area (Å²) in [7, 11) is 0. The lowest BCUT2D eigenvalue weighted by Gasteiger charge is -2.37. The number of halogens is 2. The fourth-order valence-electron chi connectivity index (χ4n) is 4.73. The van der Waals surface area contributed by atoms with Crippen LogP contribution in [-0.2, 0) is 9.53 Å². The molecule has 11 nitrogen and oxygen atoms in total. The highest BCUT2D eigenvalue weighted by molar-refractivity contribution is 5.82. The van der Waals surface area contributed by atoms with E-state index in [0.29, 0.717) is 75.4 Å². The van der Waals surface area contributed by atoms with Gasteiger partial charge in [-0.05, 0) is 18.1 Å². The van der Waals surface area contributed by atoms with Gasteiger partial charge in [0.1, 0.15) is 0 Å². The number of hydrogen-bond donors (Lipinski definition) is 1. The maximum absolute atomic E-state index is 14.1. The van der Waals surface area contributed by atoms with Gasteiger partial charge in [0, 0.05) is 39.3 Å². The molecule has 5 rings (SSSR count). The van der Waals surface area contributed by atoms with Crippen LogP contribution in [0.1, 0.15) is 32.5 Å². The molecule has 204 valence electrons. The largest absolute Gasteiger partial charge is 0.378 e. The number of rotatable bonds is 7. The van der Waals surface area contributed by atoms with E-state index in [0.717, 1.165) is 6.42 Å². The smallest absolute Gasteiger partial charge is 0.296 e. The second-order valence-electron chi connectivity index (χ2n) is 9.65. The Bertz CT molecular complexity index is 1270. The molecule has 2 fully saturated rings. The highest BCUT2D eigenvalue weighted by Gasteiger charge is 2.30. The van der Waals surface area contributed by atoms with Gasteiger partial charge in [-0.1, -0.05) is 32.4 Å². The molecular weight excluding hydrogens is 496 g/mol. The average molecular weight is 530 g/mol. The number of ether oxygens (including phenoxy) is 1. The minimum atomic E-state index is -2.82. The number of carbonyl (C=O) groups is 1. The normalized spacial score (nSPS) is 18.3. The van der Waals surface area contributed by atoms with Crippen LogP contribution in [0.2, 0.25) is 0 Å². The highest BCUT2D eigenvalue weighted by atomic mass is 19.3. The van der Waals surface area contributed by atoms with Crippen molar-refractivity contribution >= 4 is 28.8 Å². The molecule has 2 atom stereocenters. The molecule has 2 aliphatic rings. The van der Waals surface area contributed by atoms with Crippen molar-refractivity contribution in [1.29, 1.82) is 0 Å². The number of para-hydroxylation sites is 2. The first-order valence-corrected chi connectivity index (χ1v) is 13.0. The molecule has 13 heteroatoms. The standard InChI is InChI=1S/C25H33F2N9O2/c1-3-16(2)19(28)22(37)33-8-10-34(11-9-33)23-30-24(35-12-14-38-15-13-35)32-25(31-23)36-18-7-5-4-6-17(18)29-21(36)20(26)27/h4-7,16,19-20H,3,8-15,28H2,1-2H3/t16-,19-/m0/s1. The van der Waals surface area contributed by atoms with Crippen molar-refractivity contribution in [2.24, 2.45) is 11.7 Å². The summed E-state index contributed by atoms with van der Waals surface area (Å²) < 4.78 is 35.0. The van der Waals surface area contributed by atoms with Crippen molar-refractivity contribution in [1.82, 2.24) is 29.4 Å². The number of nitrogens with zero attached hydrogens (tertiary/aromatic N) is 8. The first-order valence-electron chi connectivity index (χ1n) is 13.0. The molecule has 2 saturated heterocycles. The first kappa shape index (κ1) is 26.2. The van der Waals surface area contributed by atoms with Crippen LogP contribution in [0.25, 0.3) is 17.0 Å². The van der Waals surface area contributed by atoms with Crippen LogP contribution in [0.3, 0.4) is 0 Å². The Hall–Kier alpha value is -3.45. The minimum Gasteiger partial charge on any atom is -0.378 e. The Morgan fingerprint density at radius 3 is 2.18 bits per heavy atom. The SMILES string of the molecule is CC[C@H](C)[C@H](N)C(=O)N1CCN(c2nc(N3CCOCC3)nc(-n3c(C(F)F)nc4ccccc43)n2)CC1. The molecule has 2 N–H and O–H groups in total. The molecule has 0 bridgehead atoms. The summed E-state index contributed by atoms with van der Waals surface area (Å²) in [5, 5.41) is 0. The summed E-state index contributed by atoms with van der Waals surface area (Å²) in [6.45, 7) is 8.08. The van der Waals surface area contributed by atoms with Gasteiger partial charge in [-0.15, -0.1) is 0 Å². The van der Waals surface area contributed by atoms with Gasteiger partial charge in [0.05, 0.1) is 30.3 Å². The number of imidazole rings is 1. The molecule has 1 amide bonds. The van der Waals surface area contributed by atoms with Gasteiger partial charge in [-0.25, -0.2) is 13.8 Å². The monoisotopic (exact) mass is 529 g/mol. The quantitative estimate of drug-likeness (QED) is 0.490. The lowest BCUT2D eigenvalue weighted by Crippen LogP contribution is -2.55. The zero-order chi connectivity index (χ0) is 26.8. The van der Waals surface area contributed by atoms with E-state index in [2.05, 4.69) is 15.0 Å². The number of morpholine rings is 1. The summed E-state index contributed by atoms with van der Waals surface area (Å²) in [5.74, 6) is 0.451. The Labute approximate surface area is 219 Å². The Morgan fingerprint density at radius 1 is 0.947 bits per heavy atom. The van der Waals surface area contributed by atoms with Crippen LogP contribution >= 0.6 is 0 Å². The predicted molar refractivity (Wildman–Crippen MR) is 139 cm³/mol. The van der Waals surface area contributed by atoms with Crippen LogP contribution < -0.4 is 15.5 Å². The maximum atomic E-state index is 14.1. The number of aromatic nitrogens is 5. The molecule has 0 spiro atoms. The lowest BCUT2D eigenvalue weighted by atomic mass is 9.98.